The summed E-state index contributed by atoms with van der Waals surface area (Å²) in [6.07, 6.45) is 4.08. The number of carbonyl (C=O) groups is 1. The lowest BCUT2D eigenvalue weighted by atomic mass is 9.85. The van der Waals surface area contributed by atoms with E-state index in [1.165, 1.54) is 11.1 Å². The second kappa shape index (κ2) is 10.4. The number of halogens is 2. The van der Waals surface area contributed by atoms with E-state index in [-0.39, 0.29) is 36.8 Å². The van der Waals surface area contributed by atoms with Crippen LogP contribution in [0.3, 0.4) is 0 Å². The Morgan fingerprint density at radius 2 is 1.80 bits per heavy atom. The van der Waals surface area contributed by atoms with Crippen LogP contribution in [-0.4, -0.2) is 47.9 Å². The van der Waals surface area contributed by atoms with E-state index < -0.39 is 0 Å². The van der Waals surface area contributed by atoms with Crippen LogP contribution in [0.5, 0.6) is 0 Å². The molecular formula is C19H31Cl2N3O. The molecule has 1 amide bonds. The van der Waals surface area contributed by atoms with Crippen LogP contribution in [0.25, 0.3) is 0 Å². The van der Waals surface area contributed by atoms with Gasteiger partial charge in [0.15, 0.2) is 0 Å². The molecule has 2 fully saturated rings. The van der Waals surface area contributed by atoms with Crippen molar-refractivity contribution < 1.29 is 4.79 Å². The molecule has 4 nitrogen and oxygen atoms in total. The number of carbonyl (C=O) groups excluding carboxylic acids is 1. The Hall–Kier alpha value is -0.810. The van der Waals surface area contributed by atoms with Crippen molar-refractivity contribution >= 4 is 30.7 Å². The summed E-state index contributed by atoms with van der Waals surface area (Å²) >= 11 is 0. The van der Waals surface area contributed by atoms with Gasteiger partial charge in [-0.05, 0) is 37.3 Å². The van der Waals surface area contributed by atoms with E-state index in [0.717, 1.165) is 58.4 Å². The van der Waals surface area contributed by atoms with Crippen molar-refractivity contribution in [1.29, 1.82) is 0 Å². The highest BCUT2D eigenvalue weighted by atomic mass is 35.5. The van der Waals surface area contributed by atoms with Gasteiger partial charge in [0.1, 0.15) is 0 Å². The summed E-state index contributed by atoms with van der Waals surface area (Å²) in [7, 11) is 0. The standard InChI is InChI=1S/C19H29N3O.2ClH/c1-15-5-2-3-6-17(15)14-21-9-11-22(12-10-21)19(23)16-7-4-8-18(20)13-16;;/h2-3,5-6,16,18H,4,7-14,20H2,1H3;2*1H. The molecule has 1 heterocycles. The molecule has 25 heavy (non-hydrogen) atoms. The highest BCUT2D eigenvalue weighted by Gasteiger charge is 2.30. The van der Waals surface area contributed by atoms with Gasteiger partial charge >= 0.3 is 0 Å². The fourth-order valence-electron chi connectivity index (χ4n) is 3.86. The van der Waals surface area contributed by atoms with Gasteiger partial charge in [-0.25, -0.2) is 0 Å². The van der Waals surface area contributed by atoms with Crippen molar-refractivity contribution in [2.45, 2.75) is 45.2 Å². The van der Waals surface area contributed by atoms with Crippen LogP contribution in [0.15, 0.2) is 24.3 Å². The van der Waals surface area contributed by atoms with Crippen molar-refractivity contribution in [1.82, 2.24) is 9.80 Å². The van der Waals surface area contributed by atoms with Crippen LogP contribution in [0.2, 0.25) is 0 Å². The Morgan fingerprint density at radius 1 is 1.12 bits per heavy atom. The fraction of sp³-hybridized carbons (Fsp3) is 0.632. The fourth-order valence-corrected chi connectivity index (χ4v) is 3.86. The summed E-state index contributed by atoms with van der Waals surface area (Å²) in [6, 6.07) is 8.79. The minimum atomic E-state index is 0. The van der Waals surface area contributed by atoms with Gasteiger partial charge in [0.2, 0.25) is 5.91 Å². The van der Waals surface area contributed by atoms with Gasteiger partial charge in [0.25, 0.3) is 0 Å². The summed E-state index contributed by atoms with van der Waals surface area (Å²) in [5.74, 6) is 0.511. The number of nitrogens with zero attached hydrogens (tertiary/aromatic N) is 2. The van der Waals surface area contributed by atoms with E-state index >= 15 is 0 Å². The first-order chi connectivity index (χ1) is 11.1. The van der Waals surface area contributed by atoms with Crippen molar-refractivity contribution in [2.75, 3.05) is 26.2 Å². The van der Waals surface area contributed by atoms with Gasteiger partial charge in [-0.1, -0.05) is 30.7 Å². The molecule has 1 saturated carbocycles. The van der Waals surface area contributed by atoms with Crippen molar-refractivity contribution in [3.05, 3.63) is 35.4 Å². The number of benzene rings is 1. The Kier molecular flexibility index (Phi) is 9.22. The van der Waals surface area contributed by atoms with E-state index in [2.05, 4.69) is 41.0 Å². The van der Waals surface area contributed by atoms with Crippen LogP contribution in [0, 0.1) is 12.8 Å². The molecule has 2 N–H and O–H groups in total. The molecule has 0 bridgehead atoms. The molecule has 2 unspecified atom stereocenters. The monoisotopic (exact) mass is 387 g/mol. The van der Waals surface area contributed by atoms with Gasteiger partial charge < -0.3 is 10.6 Å². The third kappa shape index (κ3) is 5.85. The molecule has 142 valence electrons. The van der Waals surface area contributed by atoms with Crippen LogP contribution < -0.4 is 5.73 Å². The molecule has 1 aromatic rings. The minimum absolute atomic E-state index is 0. The first kappa shape index (κ1) is 22.2. The van der Waals surface area contributed by atoms with Crippen LogP contribution >= 0.6 is 24.8 Å². The van der Waals surface area contributed by atoms with Gasteiger partial charge in [0, 0.05) is 44.7 Å². The quantitative estimate of drug-likeness (QED) is 0.866. The lowest BCUT2D eigenvalue weighted by Gasteiger charge is -2.38. The van der Waals surface area contributed by atoms with E-state index in [1.54, 1.807) is 0 Å². The SMILES string of the molecule is Cc1ccccc1CN1CCN(C(=O)C2CCCC(N)C2)CC1.Cl.Cl. The maximum Gasteiger partial charge on any atom is 0.225 e. The average Bonchev–Trinajstić information content (AvgIpc) is 2.57. The second-order valence-electron chi connectivity index (χ2n) is 7.15. The smallest absolute Gasteiger partial charge is 0.225 e. The van der Waals surface area contributed by atoms with E-state index in [0.29, 0.717) is 5.91 Å². The number of hydrogen-bond acceptors (Lipinski definition) is 3. The summed E-state index contributed by atoms with van der Waals surface area (Å²) in [5, 5.41) is 0. The lowest BCUT2D eigenvalue weighted by Crippen LogP contribution is -2.51. The van der Waals surface area contributed by atoms with Gasteiger partial charge in [-0.2, -0.15) is 0 Å². The second-order valence-corrected chi connectivity index (χ2v) is 7.15. The van der Waals surface area contributed by atoms with E-state index in [9.17, 15) is 4.79 Å². The number of amides is 1. The molecule has 0 spiro atoms. The third-order valence-corrected chi connectivity index (χ3v) is 5.40. The number of rotatable bonds is 3. The highest BCUT2D eigenvalue weighted by molar-refractivity contribution is 5.85. The van der Waals surface area contributed by atoms with Gasteiger partial charge in [0.05, 0.1) is 0 Å². The first-order valence-corrected chi connectivity index (χ1v) is 8.94. The lowest BCUT2D eigenvalue weighted by molar-refractivity contribution is -0.138. The number of nitrogens with two attached hydrogens (primary N) is 1. The number of aryl methyl sites for hydroxylation is 1. The topological polar surface area (TPSA) is 49.6 Å². The van der Waals surface area contributed by atoms with Crippen LogP contribution in [0.4, 0.5) is 0 Å². The molecule has 1 aromatic carbocycles. The zero-order valence-electron chi connectivity index (χ0n) is 15.0. The summed E-state index contributed by atoms with van der Waals surface area (Å²) in [6.45, 7) is 6.81. The molecule has 3 rings (SSSR count). The normalized spacial score (nSPS) is 24.2. The van der Waals surface area contributed by atoms with E-state index in [1.807, 2.05) is 0 Å². The predicted octanol–water partition coefficient (Wildman–Crippen LogP) is 3.00. The van der Waals surface area contributed by atoms with Crippen molar-refractivity contribution in [3.63, 3.8) is 0 Å². The van der Waals surface area contributed by atoms with E-state index in [4.69, 9.17) is 5.73 Å². The van der Waals surface area contributed by atoms with Crippen LogP contribution in [0.1, 0.15) is 36.8 Å². The maximum absolute atomic E-state index is 12.7. The molecule has 2 aliphatic rings. The molecule has 6 heteroatoms. The Morgan fingerprint density at radius 3 is 2.44 bits per heavy atom. The van der Waals surface area contributed by atoms with Crippen molar-refractivity contribution in [2.24, 2.45) is 11.7 Å². The molecule has 1 aliphatic carbocycles. The molecular weight excluding hydrogens is 357 g/mol. The summed E-state index contributed by atoms with van der Waals surface area (Å²) < 4.78 is 0. The maximum atomic E-state index is 12.7. The largest absolute Gasteiger partial charge is 0.340 e. The number of hydrogen-bond donors (Lipinski definition) is 1. The minimum Gasteiger partial charge on any atom is -0.340 e. The Balaban J connectivity index is 0.00000156. The first-order valence-electron chi connectivity index (χ1n) is 8.94. The van der Waals surface area contributed by atoms with Gasteiger partial charge in [-0.15, -0.1) is 24.8 Å². The Labute approximate surface area is 163 Å². The predicted molar refractivity (Wildman–Crippen MR) is 107 cm³/mol. The zero-order chi connectivity index (χ0) is 16.2. The number of piperazine rings is 1. The molecule has 1 aliphatic heterocycles. The van der Waals surface area contributed by atoms with Crippen LogP contribution in [-0.2, 0) is 11.3 Å². The van der Waals surface area contributed by atoms with Crippen molar-refractivity contribution in [3.8, 4) is 0 Å². The highest BCUT2D eigenvalue weighted by Crippen LogP contribution is 2.25. The average molecular weight is 388 g/mol. The summed E-state index contributed by atoms with van der Waals surface area (Å²) in [5.41, 5.74) is 8.78. The zero-order valence-corrected chi connectivity index (χ0v) is 16.7. The summed E-state index contributed by atoms with van der Waals surface area (Å²) in [4.78, 5) is 17.2. The molecule has 0 radical (unpaired) electrons. The van der Waals surface area contributed by atoms with Gasteiger partial charge in [-0.3, -0.25) is 9.69 Å². The molecule has 2 atom stereocenters. The molecule has 0 aromatic heterocycles. The molecule has 1 saturated heterocycles. The third-order valence-electron chi connectivity index (χ3n) is 5.40. The Bertz CT molecular complexity index is 547.